The Morgan fingerprint density at radius 1 is 1.05 bits per heavy atom. The molecule has 96 valence electrons. The zero-order valence-electron chi connectivity index (χ0n) is 10.4. The molecule has 3 rings (SSSR count). The van der Waals surface area contributed by atoms with Crippen molar-refractivity contribution >= 4 is 32.7 Å². The van der Waals surface area contributed by atoms with E-state index in [1.54, 1.807) is 0 Å². The van der Waals surface area contributed by atoms with Crippen molar-refractivity contribution in [2.24, 2.45) is 0 Å². The summed E-state index contributed by atoms with van der Waals surface area (Å²) in [7, 11) is 0. The highest BCUT2D eigenvalue weighted by Crippen LogP contribution is 2.18. The van der Waals surface area contributed by atoms with Crippen molar-refractivity contribution in [2.75, 3.05) is 5.73 Å². The maximum atomic E-state index is 5.68. The molecule has 0 aliphatic carbocycles. The van der Waals surface area contributed by atoms with Crippen molar-refractivity contribution < 1.29 is 0 Å². The Morgan fingerprint density at radius 3 is 2.63 bits per heavy atom. The number of nitrogens with zero attached hydrogens (tertiary/aromatic N) is 1. The number of hydrogen-bond acceptors (Lipinski definition) is 2. The summed E-state index contributed by atoms with van der Waals surface area (Å²) in [5.41, 5.74) is 9.83. The summed E-state index contributed by atoms with van der Waals surface area (Å²) in [6.07, 6.45) is 1.86. The van der Waals surface area contributed by atoms with Crippen molar-refractivity contribution in [2.45, 2.75) is 12.8 Å². The molecule has 0 unspecified atom stereocenters. The first kappa shape index (κ1) is 12.2. The smallest absolute Gasteiger partial charge is 0.107 e. The number of imidazole rings is 1. The maximum Gasteiger partial charge on any atom is 0.107 e. The number of hydrogen-bond donors (Lipinski definition) is 2. The molecule has 1 heterocycles. The highest BCUT2D eigenvalue weighted by molar-refractivity contribution is 9.10. The van der Waals surface area contributed by atoms with E-state index in [-0.39, 0.29) is 0 Å². The minimum atomic E-state index is 0.803. The number of rotatable bonds is 3. The van der Waals surface area contributed by atoms with E-state index < -0.39 is 0 Å². The van der Waals surface area contributed by atoms with Crippen LogP contribution in [0.4, 0.5) is 5.69 Å². The largest absolute Gasteiger partial charge is 0.399 e. The summed E-state index contributed by atoms with van der Waals surface area (Å²) in [6.45, 7) is 0. The summed E-state index contributed by atoms with van der Waals surface area (Å²) in [5.74, 6) is 1.02. The molecule has 19 heavy (non-hydrogen) atoms. The van der Waals surface area contributed by atoms with Crippen molar-refractivity contribution in [1.29, 1.82) is 0 Å². The van der Waals surface area contributed by atoms with Crippen LogP contribution in [-0.2, 0) is 12.8 Å². The number of aromatic nitrogens is 2. The van der Waals surface area contributed by atoms with Gasteiger partial charge in [0.05, 0.1) is 11.0 Å². The van der Waals surface area contributed by atoms with E-state index in [2.05, 4.69) is 44.1 Å². The van der Waals surface area contributed by atoms with Crippen LogP contribution in [0, 0.1) is 0 Å². The average molecular weight is 316 g/mol. The van der Waals surface area contributed by atoms with Gasteiger partial charge >= 0.3 is 0 Å². The number of anilines is 1. The fourth-order valence-corrected chi connectivity index (χ4v) is 2.46. The van der Waals surface area contributed by atoms with E-state index in [9.17, 15) is 0 Å². The Bertz CT molecular complexity index is 701. The van der Waals surface area contributed by atoms with E-state index in [0.717, 1.165) is 39.9 Å². The predicted molar refractivity (Wildman–Crippen MR) is 82.1 cm³/mol. The van der Waals surface area contributed by atoms with Gasteiger partial charge < -0.3 is 10.7 Å². The predicted octanol–water partition coefficient (Wildman–Crippen LogP) is 3.69. The number of halogens is 1. The number of aromatic amines is 1. The number of fused-ring (bicyclic) bond motifs is 1. The first-order valence-corrected chi connectivity index (χ1v) is 6.98. The van der Waals surface area contributed by atoms with Crippen LogP contribution in [0.1, 0.15) is 11.4 Å². The Kier molecular flexibility index (Phi) is 3.25. The second-order valence-electron chi connectivity index (χ2n) is 4.59. The molecule has 0 radical (unpaired) electrons. The lowest BCUT2D eigenvalue weighted by molar-refractivity contribution is 0.890. The molecule has 4 heteroatoms. The van der Waals surface area contributed by atoms with Crippen LogP contribution in [0.15, 0.2) is 46.9 Å². The Morgan fingerprint density at radius 2 is 1.84 bits per heavy atom. The van der Waals surface area contributed by atoms with Gasteiger partial charge in [0.1, 0.15) is 5.82 Å². The number of benzene rings is 2. The molecule has 0 aliphatic rings. The van der Waals surface area contributed by atoms with Gasteiger partial charge in [-0.1, -0.05) is 28.1 Å². The van der Waals surface area contributed by atoms with Gasteiger partial charge in [0.15, 0.2) is 0 Å². The molecule has 1 aromatic heterocycles. The maximum absolute atomic E-state index is 5.68. The monoisotopic (exact) mass is 315 g/mol. The standard InChI is InChI=1S/C15H14BrN3/c16-11-4-7-13-14(9-11)19-15(18-13)8-3-10-1-5-12(17)6-2-10/h1-2,4-7,9H,3,8,17H2,(H,18,19). The fourth-order valence-electron chi connectivity index (χ4n) is 2.10. The second-order valence-corrected chi connectivity index (χ2v) is 5.50. The molecule has 0 aliphatic heterocycles. The lowest BCUT2D eigenvalue weighted by atomic mass is 10.1. The molecule has 0 bridgehead atoms. The van der Waals surface area contributed by atoms with Gasteiger partial charge in [-0.05, 0) is 42.3 Å². The third-order valence-corrected chi connectivity index (χ3v) is 3.62. The molecule has 3 aromatic rings. The SMILES string of the molecule is Nc1ccc(CCc2nc3ccc(Br)cc3[nH]2)cc1. The van der Waals surface area contributed by atoms with Crippen LogP contribution in [0.5, 0.6) is 0 Å². The van der Waals surface area contributed by atoms with E-state index >= 15 is 0 Å². The zero-order chi connectivity index (χ0) is 13.2. The second kappa shape index (κ2) is 5.05. The summed E-state index contributed by atoms with van der Waals surface area (Å²) in [6, 6.07) is 14.1. The van der Waals surface area contributed by atoms with Gasteiger partial charge in [-0.25, -0.2) is 4.98 Å². The molecule has 0 saturated carbocycles. The van der Waals surface area contributed by atoms with Crippen LogP contribution < -0.4 is 5.73 Å². The molecule has 0 amide bonds. The first-order chi connectivity index (χ1) is 9.20. The molecule has 3 N–H and O–H groups in total. The van der Waals surface area contributed by atoms with Gasteiger partial charge in [-0.2, -0.15) is 0 Å². The topological polar surface area (TPSA) is 54.7 Å². The zero-order valence-corrected chi connectivity index (χ0v) is 11.9. The van der Waals surface area contributed by atoms with E-state index in [1.807, 2.05) is 24.3 Å². The summed E-state index contributed by atoms with van der Waals surface area (Å²) in [5, 5.41) is 0. The van der Waals surface area contributed by atoms with E-state index in [4.69, 9.17) is 5.73 Å². The van der Waals surface area contributed by atoms with Gasteiger partial charge in [0.2, 0.25) is 0 Å². The third kappa shape index (κ3) is 2.79. The molecule has 0 fully saturated rings. The van der Waals surface area contributed by atoms with Crippen LogP contribution >= 0.6 is 15.9 Å². The molecule has 0 saturated heterocycles. The number of nitrogens with one attached hydrogen (secondary N) is 1. The Labute approximate surface area is 120 Å². The third-order valence-electron chi connectivity index (χ3n) is 3.12. The van der Waals surface area contributed by atoms with Gasteiger partial charge in [-0.15, -0.1) is 0 Å². The highest BCUT2D eigenvalue weighted by Gasteiger charge is 2.03. The van der Waals surface area contributed by atoms with Crippen LogP contribution in [0.2, 0.25) is 0 Å². The Balaban J connectivity index is 1.76. The molecular formula is C15H14BrN3. The van der Waals surface area contributed by atoms with E-state index in [1.165, 1.54) is 5.56 Å². The van der Waals surface area contributed by atoms with Crippen LogP contribution in [0.25, 0.3) is 11.0 Å². The van der Waals surface area contributed by atoms with Crippen LogP contribution in [0.3, 0.4) is 0 Å². The van der Waals surface area contributed by atoms with Crippen LogP contribution in [-0.4, -0.2) is 9.97 Å². The average Bonchev–Trinajstić information content (AvgIpc) is 2.80. The van der Waals surface area contributed by atoms with Gasteiger partial charge in [-0.3, -0.25) is 0 Å². The Hall–Kier alpha value is -1.81. The number of aryl methyl sites for hydroxylation is 2. The number of nitrogens with two attached hydrogens (primary N) is 1. The summed E-state index contributed by atoms with van der Waals surface area (Å²) < 4.78 is 1.06. The minimum absolute atomic E-state index is 0.803. The summed E-state index contributed by atoms with van der Waals surface area (Å²) in [4.78, 5) is 7.94. The molecular weight excluding hydrogens is 302 g/mol. The molecule has 0 atom stereocenters. The molecule has 2 aromatic carbocycles. The lowest BCUT2D eigenvalue weighted by Gasteiger charge is -1.99. The van der Waals surface area contributed by atoms with Gasteiger partial charge in [0.25, 0.3) is 0 Å². The van der Waals surface area contributed by atoms with Crippen molar-refractivity contribution in [3.63, 3.8) is 0 Å². The molecule has 0 spiro atoms. The lowest BCUT2D eigenvalue weighted by Crippen LogP contribution is -1.94. The fraction of sp³-hybridized carbons (Fsp3) is 0.133. The highest BCUT2D eigenvalue weighted by atomic mass is 79.9. The number of nitrogen functional groups attached to an aromatic ring is 1. The summed E-state index contributed by atoms with van der Waals surface area (Å²) >= 11 is 3.46. The minimum Gasteiger partial charge on any atom is -0.399 e. The van der Waals surface area contributed by atoms with Gasteiger partial charge in [0, 0.05) is 16.6 Å². The van der Waals surface area contributed by atoms with Crippen molar-refractivity contribution in [3.8, 4) is 0 Å². The van der Waals surface area contributed by atoms with E-state index in [0.29, 0.717) is 0 Å². The van der Waals surface area contributed by atoms with Crippen molar-refractivity contribution in [3.05, 3.63) is 58.3 Å². The first-order valence-electron chi connectivity index (χ1n) is 6.19. The van der Waals surface area contributed by atoms with Crippen molar-refractivity contribution in [1.82, 2.24) is 9.97 Å². The normalized spacial score (nSPS) is 11.0. The quantitative estimate of drug-likeness (QED) is 0.724. The number of H-pyrrole nitrogens is 1. The molecule has 3 nitrogen and oxygen atoms in total.